The van der Waals surface area contributed by atoms with E-state index in [9.17, 15) is 19.2 Å². The van der Waals surface area contributed by atoms with E-state index >= 15 is 0 Å². The van der Waals surface area contributed by atoms with Gasteiger partial charge in [0.05, 0.1) is 30.2 Å². The first kappa shape index (κ1) is 72.6. The second-order valence-electron chi connectivity index (χ2n) is 20.4. The largest absolute Gasteiger partial charge is 1.00 e. The molecule has 0 bridgehead atoms. The Labute approximate surface area is 545 Å². The maximum absolute atomic E-state index is 12.1. The molecule has 9 nitrogen and oxygen atoms in total. The number of piperidine rings is 3. The number of carbonyl (C=O) groups excluding carboxylic acids is 4. The van der Waals surface area contributed by atoms with Gasteiger partial charge in [-0.25, -0.2) is 0 Å². The summed E-state index contributed by atoms with van der Waals surface area (Å²) in [6.45, 7) is 24.8. The van der Waals surface area contributed by atoms with Crippen LogP contribution < -0.4 is 77.4 Å². The van der Waals surface area contributed by atoms with Crippen molar-refractivity contribution in [2.45, 2.75) is 75.0 Å². The molecule has 4 aliphatic heterocycles. The van der Waals surface area contributed by atoms with Crippen molar-refractivity contribution in [1.29, 1.82) is 0 Å². The first-order valence-corrected chi connectivity index (χ1v) is 57.4. The molecule has 3 aromatic rings. The zero-order valence-corrected chi connectivity index (χ0v) is 61.1. The Bertz CT molecular complexity index is 2030. The molecule has 8 fully saturated rings. The topological polar surface area (TPSA) is 122 Å². The summed E-state index contributed by atoms with van der Waals surface area (Å²) in [6.07, 6.45) is 0. The Morgan fingerprint density at radius 3 is 1.23 bits per heavy atom. The molecule has 11 rings (SSSR count). The minimum Gasteiger partial charge on any atom is -1.00 e. The van der Waals surface area contributed by atoms with Gasteiger partial charge in [-0.3, -0.25) is 29.0 Å². The quantitative estimate of drug-likeness (QED) is 0.0856. The number of benzene rings is 3. The minimum atomic E-state index is -0.333. The molecule has 396 valence electrons. The van der Waals surface area contributed by atoms with E-state index < -0.39 is 0 Å². The first-order chi connectivity index (χ1) is 32.7. The number of alkyl halides is 1. The first-order valence-electron chi connectivity index (χ1n) is 22.6. The number of cyclic esters (lactones) is 2. The Morgan fingerprint density at radius 1 is 0.634 bits per heavy atom. The van der Waals surface area contributed by atoms with E-state index in [0.717, 1.165) is 35.8 Å². The number of likely N-dealkylation sites (tertiary alicyclic amines) is 2. The van der Waals surface area contributed by atoms with Gasteiger partial charge in [-0.15, -0.1) is 0 Å². The van der Waals surface area contributed by atoms with E-state index in [1.165, 1.54) is 42.2 Å². The Kier molecular flexibility index (Phi) is 35.6. The van der Waals surface area contributed by atoms with E-state index in [4.69, 9.17) is 11.4 Å². The molecular weight excluding hydrogens is 1920 g/mol. The summed E-state index contributed by atoms with van der Waals surface area (Å²) in [5, 5.41) is 3.38. The normalized spacial score (nSPS) is 27.2. The summed E-state index contributed by atoms with van der Waals surface area (Å²) in [6, 6.07) is 30.5. The van der Waals surface area contributed by atoms with Crippen LogP contribution in [0.2, 0.25) is 0 Å². The van der Waals surface area contributed by atoms with Crippen molar-refractivity contribution in [2.75, 3.05) is 31.1 Å². The number of rotatable bonds is 5. The van der Waals surface area contributed by atoms with E-state index in [1.54, 1.807) is 0 Å². The molecule has 71 heavy (non-hydrogen) atoms. The standard InChI is InChI=1S/C14H15NO2.C14H19N.C7H13N.C7H9N.C7H8O3.CH3I2.Al.BI2.I3.I2.Li.H2.4H/c1-14(2)10-11(14)13(17)15(12(10)16)8-9-6-4-3-5-7-9;1-14(2)12-9-15(10-13(12)14)8-11-6-4-3-5-7-11;1-7(2)5-3-8-4-6(5)7;8-6-7-4-2-1-3-5-7;1-7(2)3-4(7)6(9)10-5(3)8;1-3-2;;2*1-3-2;1-2;;;;;;/h3-7,10-11H,8H2,1-2H3;3-7,12-13H,8-10H2,1-2H3;5-6,8H,3-4H2,1-2H3;1-5H,6,8H2;3-4H,1-2H3;1H3;;;;;;1H;;;;/q;;;;;-1;;2*-1;;+1;;;;;-1/t10-,11+;12-,13+;5-,6+;;3-,4+;;;;;;;;;;;. The van der Waals surface area contributed by atoms with Crippen molar-refractivity contribution in [3.63, 3.8) is 0 Å². The van der Waals surface area contributed by atoms with Crippen LogP contribution in [0.3, 0.4) is 0 Å². The molecule has 0 spiro atoms. The average Bonchev–Trinajstić information content (AvgIpc) is 4.01. The number of nitrogens with two attached hydrogens (primary N) is 1. The molecule has 3 N–H and O–H groups in total. The van der Waals surface area contributed by atoms with Crippen LogP contribution >= 0.6 is 112 Å². The van der Waals surface area contributed by atoms with Crippen LogP contribution in [0.5, 0.6) is 0 Å². The SMILES string of the molecule is CC1(C)[C@@H]2C(=O)N(Cc3ccccc3)C(=O)[C@@H]21.CC1(C)[C@@H]2C(=O)OC(=O)[C@@H]21.CC1(C)[C@@H]2CN(Cc3ccccc3)C[C@@H]21.CC1(C)[C@@H]2CNC[C@@H]21.C[I-]I.II.I[I-]I.NCc1ccccc1.[AlH3].[B][I-]I.[H-].[HH].[Li+]. The van der Waals surface area contributed by atoms with Crippen molar-refractivity contribution >= 4 is 159 Å². The molecular formula is C50H73AlBI9LiN4O5-3. The Balaban J connectivity index is 0. The molecule has 21 heteroatoms. The smallest absolute Gasteiger partial charge is 1.00 e. The van der Waals surface area contributed by atoms with Crippen LogP contribution in [-0.4, -0.2) is 87.7 Å². The number of amides is 2. The molecule has 4 saturated heterocycles. The molecule has 3 aromatic carbocycles. The van der Waals surface area contributed by atoms with E-state index in [2.05, 4.69) is 190 Å². The van der Waals surface area contributed by atoms with Gasteiger partial charge in [0.2, 0.25) is 11.8 Å². The van der Waals surface area contributed by atoms with Gasteiger partial charge in [0.1, 0.15) is 0 Å². The molecule has 2 radical (unpaired) electrons. The number of hydrogen-bond acceptors (Lipinski definition) is 8. The predicted octanol–water partition coefficient (Wildman–Crippen LogP) is -0.759. The minimum absolute atomic E-state index is 0. The molecule has 4 aliphatic carbocycles. The molecule has 4 heterocycles. The summed E-state index contributed by atoms with van der Waals surface area (Å²) in [7, 11) is 0. The predicted molar refractivity (Wildman–Crippen MR) is 334 cm³/mol. The maximum atomic E-state index is 12.1. The van der Waals surface area contributed by atoms with E-state index in [1.807, 2.05) is 88.4 Å². The van der Waals surface area contributed by atoms with Gasteiger partial charge in [-0.1, -0.05) is 146 Å². The number of imide groups is 1. The van der Waals surface area contributed by atoms with Gasteiger partial charge in [-0.2, -0.15) is 0 Å². The van der Waals surface area contributed by atoms with Gasteiger partial charge in [0, 0.05) is 64.8 Å². The van der Waals surface area contributed by atoms with Crippen LogP contribution in [0.4, 0.5) is 0 Å². The molecule has 8 atom stereocenters. The number of halogens is 9. The summed E-state index contributed by atoms with van der Waals surface area (Å²) < 4.78 is 4.38. The third-order valence-corrected chi connectivity index (χ3v) is 15.2. The van der Waals surface area contributed by atoms with Gasteiger partial charge in [0.15, 0.2) is 17.4 Å². The van der Waals surface area contributed by atoms with Crippen molar-refractivity contribution in [3.8, 4) is 0 Å². The number of ether oxygens (including phenoxy) is 1. The molecule has 0 unspecified atom stereocenters. The van der Waals surface area contributed by atoms with Crippen LogP contribution in [0.15, 0.2) is 91.0 Å². The van der Waals surface area contributed by atoms with Crippen LogP contribution in [-0.2, 0) is 43.5 Å². The summed E-state index contributed by atoms with van der Waals surface area (Å²) in [4.78, 5) is 52.0. The number of esters is 2. The third-order valence-electron chi connectivity index (χ3n) is 15.2. The van der Waals surface area contributed by atoms with Gasteiger partial charge < -0.3 is 17.2 Å². The van der Waals surface area contributed by atoms with Crippen LogP contribution in [0, 0.1) is 69.0 Å². The van der Waals surface area contributed by atoms with Gasteiger partial charge >= 0.3 is 163 Å². The number of carbonyl (C=O) groups is 4. The zero-order valence-electron chi connectivity index (χ0n) is 42.7. The number of nitrogens with zero attached hydrogens (tertiary/aromatic N) is 2. The molecule has 4 saturated carbocycles. The second kappa shape index (κ2) is 34.8. The number of nitrogens with one attached hydrogen (secondary N) is 1. The Hall–Kier alpha value is 3.58. The van der Waals surface area contributed by atoms with E-state index in [0.29, 0.717) is 54.4 Å². The summed E-state index contributed by atoms with van der Waals surface area (Å²) in [5.41, 5.74) is 15.1. The fourth-order valence-electron chi connectivity index (χ4n) is 10.5. The van der Waals surface area contributed by atoms with Gasteiger partial charge in [0.25, 0.3) is 0 Å². The second-order valence-corrected chi connectivity index (χ2v) is 46.6. The fourth-order valence-corrected chi connectivity index (χ4v) is 10.5. The van der Waals surface area contributed by atoms with Crippen molar-refractivity contribution in [1.82, 2.24) is 15.1 Å². The van der Waals surface area contributed by atoms with Crippen molar-refractivity contribution < 1.29 is 93.1 Å². The molecule has 0 aromatic heterocycles. The zero-order chi connectivity index (χ0) is 51.9. The van der Waals surface area contributed by atoms with Crippen molar-refractivity contribution in [2.24, 2.45) is 74.7 Å². The third kappa shape index (κ3) is 20.5. The Morgan fingerprint density at radius 2 is 0.944 bits per heavy atom. The fraction of sp³-hybridized carbons (Fsp3) is 0.560. The summed E-state index contributed by atoms with van der Waals surface area (Å²) >= 11 is 14.7. The monoisotopic (exact) mass is 2000 g/mol. The molecule has 2 amide bonds. The van der Waals surface area contributed by atoms with Gasteiger partial charge in [-0.05, 0) is 75.1 Å². The average molecular weight is 2000 g/mol. The molecule has 8 aliphatic rings. The number of hydrogen-bond donors (Lipinski definition) is 2. The summed E-state index contributed by atoms with van der Waals surface area (Å²) in [5.74, 6) is 2.91. The van der Waals surface area contributed by atoms with Crippen LogP contribution in [0.1, 0.15) is 74.9 Å². The van der Waals surface area contributed by atoms with Crippen LogP contribution in [0.25, 0.3) is 0 Å². The van der Waals surface area contributed by atoms with Crippen molar-refractivity contribution in [3.05, 3.63) is 108 Å². The maximum Gasteiger partial charge on any atom is 1.00 e. The van der Waals surface area contributed by atoms with E-state index in [-0.39, 0.29) is 114 Å². The number of fused-ring (bicyclic) bond motifs is 4.